The molecule has 100 valence electrons. The van der Waals surface area contributed by atoms with Crippen LogP contribution in [0.1, 0.15) is 29.8 Å². The van der Waals surface area contributed by atoms with Gasteiger partial charge >= 0.3 is 0 Å². The van der Waals surface area contributed by atoms with Gasteiger partial charge in [-0.15, -0.1) is 0 Å². The summed E-state index contributed by atoms with van der Waals surface area (Å²) in [5, 5.41) is 0. The number of rotatable bonds is 3. The maximum Gasteiger partial charge on any atom is 0.125 e. The Morgan fingerprint density at radius 1 is 1.32 bits per heavy atom. The van der Waals surface area contributed by atoms with Crippen molar-refractivity contribution >= 4 is 5.69 Å². The summed E-state index contributed by atoms with van der Waals surface area (Å²) in [6.07, 6.45) is 6.71. The molecule has 0 spiro atoms. The highest BCUT2D eigenvalue weighted by molar-refractivity contribution is 5.48. The van der Waals surface area contributed by atoms with E-state index in [1.807, 2.05) is 24.5 Å². The summed E-state index contributed by atoms with van der Waals surface area (Å²) in [6, 6.07) is 5.82. The normalized spacial score (nSPS) is 14.2. The van der Waals surface area contributed by atoms with Crippen LogP contribution in [0.5, 0.6) is 5.75 Å². The van der Waals surface area contributed by atoms with Gasteiger partial charge in [0.25, 0.3) is 0 Å². The number of anilines is 1. The molecule has 1 aromatic heterocycles. The summed E-state index contributed by atoms with van der Waals surface area (Å²) in [5.41, 5.74) is 10.3. The third-order valence-electron chi connectivity index (χ3n) is 3.76. The van der Waals surface area contributed by atoms with Crippen molar-refractivity contribution in [3.05, 3.63) is 41.5 Å². The van der Waals surface area contributed by atoms with Crippen molar-refractivity contribution in [1.82, 2.24) is 9.55 Å². The van der Waals surface area contributed by atoms with E-state index >= 15 is 0 Å². The zero-order chi connectivity index (χ0) is 13.2. The molecule has 1 aromatic carbocycles. The van der Waals surface area contributed by atoms with E-state index in [1.165, 1.54) is 24.2 Å². The first-order valence-electron chi connectivity index (χ1n) is 6.73. The van der Waals surface area contributed by atoms with Crippen LogP contribution in [0.2, 0.25) is 0 Å². The van der Waals surface area contributed by atoms with Gasteiger partial charge in [0.15, 0.2) is 0 Å². The molecule has 0 saturated heterocycles. The lowest BCUT2D eigenvalue weighted by molar-refractivity contribution is 0.408. The molecular weight excluding hydrogens is 238 g/mol. The van der Waals surface area contributed by atoms with Crippen molar-refractivity contribution in [2.75, 3.05) is 12.8 Å². The Labute approximate surface area is 113 Å². The Morgan fingerprint density at radius 3 is 3.00 bits per heavy atom. The fourth-order valence-corrected chi connectivity index (χ4v) is 2.74. The lowest BCUT2D eigenvalue weighted by Crippen LogP contribution is -2.09. The molecule has 1 heterocycles. The summed E-state index contributed by atoms with van der Waals surface area (Å²) < 4.78 is 7.64. The number of fused-ring (bicyclic) bond motifs is 1. The van der Waals surface area contributed by atoms with Gasteiger partial charge in [-0.3, -0.25) is 0 Å². The monoisotopic (exact) mass is 257 g/mol. The number of nitrogen functional groups attached to an aromatic ring is 1. The number of nitrogens with two attached hydrogens (primary N) is 1. The number of methoxy groups -OCH3 is 1. The third kappa shape index (κ3) is 2.30. The van der Waals surface area contributed by atoms with Gasteiger partial charge in [-0.2, -0.15) is 0 Å². The van der Waals surface area contributed by atoms with Crippen molar-refractivity contribution in [1.29, 1.82) is 0 Å². The number of benzene rings is 1. The average molecular weight is 257 g/mol. The van der Waals surface area contributed by atoms with E-state index in [0.29, 0.717) is 0 Å². The van der Waals surface area contributed by atoms with Crippen LogP contribution in [0.4, 0.5) is 5.69 Å². The second-order valence-corrected chi connectivity index (χ2v) is 5.04. The maximum atomic E-state index is 5.79. The predicted octanol–water partition coefficient (Wildman–Crippen LogP) is 2.40. The second kappa shape index (κ2) is 4.96. The Kier molecular flexibility index (Phi) is 3.15. The van der Waals surface area contributed by atoms with E-state index in [9.17, 15) is 0 Å². The van der Waals surface area contributed by atoms with E-state index in [1.54, 1.807) is 7.11 Å². The number of aryl methyl sites for hydroxylation is 1. The molecule has 2 N–H and O–H groups in total. The molecule has 0 saturated carbocycles. The Balaban J connectivity index is 1.91. The highest BCUT2D eigenvalue weighted by Gasteiger charge is 2.16. The summed E-state index contributed by atoms with van der Waals surface area (Å²) in [7, 11) is 1.68. The molecule has 4 nitrogen and oxygen atoms in total. The summed E-state index contributed by atoms with van der Waals surface area (Å²) in [6.45, 7) is 0.797. The molecule has 2 aromatic rings. The van der Waals surface area contributed by atoms with Crippen molar-refractivity contribution in [2.45, 2.75) is 32.2 Å². The third-order valence-corrected chi connectivity index (χ3v) is 3.76. The van der Waals surface area contributed by atoms with Gasteiger partial charge < -0.3 is 15.0 Å². The van der Waals surface area contributed by atoms with Crippen LogP contribution in [-0.4, -0.2) is 16.7 Å². The van der Waals surface area contributed by atoms with Crippen LogP contribution in [0, 0.1) is 0 Å². The van der Waals surface area contributed by atoms with Crippen LogP contribution < -0.4 is 10.5 Å². The van der Waals surface area contributed by atoms with Crippen molar-refractivity contribution in [3.63, 3.8) is 0 Å². The van der Waals surface area contributed by atoms with E-state index in [2.05, 4.69) is 9.55 Å². The van der Waals surface area contributed by atoms with Crippen LogP contribution >= 0.6 is 0 Å². The Hall–Kier alpha value is -1.97. The fraction of sp³-hybridized carbons (Fsp3) is 0.400. The molecule has 1 aliphatic rings. The minimum atomic E-state index is 0.730. The topological polar surface area (TPSA) is 53.1 Å². The van der Waals surface area contributed by atoms with Crippen molar-refractivity contribution in [2.24, 2.45) is 0 Å². The Morgan fingerprint density at radius 2 is 2.16 bits per heavy atom. The van der Waals surface area contributed by atoms with Gasteiger partial charge in [0, 0.05) is 23.0 Å². The maximum absolute atomic E-state index is 5.79. The number of ether oxygens (including phenoxy) is 1. The standard InChI is InChI=1S/C15H19N3O/c1-19-15-8-12(16)7-6-11(15)9-18-10-17-13-4-2-3-5-14(13)18/h6-8,10H,2-5,9,16H2,1H3. The molecule has 4 heteroatoms. The largest absolute Gasteiger partial charge is 0.496 e. The van der Waals surface area contributed by atoms with Gasteiger partial charge in [-0.25, -0.2) is 4.98 Å². The quantitative estimate of drug-likeness (QED) is 0.859. The number of nitrogens with zero attached hydrogens (tertiary/aromatic N) is 2. The van der Waals surface area contributed by atoms with Crippen LogP contribution in [0.15, 0.2) is 24.5 Å². The molecule has 0 aliphatic heterocycles. The molecule has 0 atom stereocenters. The number of hydrogen-bond acceptors (Lipinski definition) is 3. The highest BCUT2D eigenvalue weighted by Crippen LogP contribution is 2.25. The molecule has 0 bridgehead atoms. The van der Waals surface area contributed by atoms with E-state index < -0.39 is 0 Å². The smallest absolute Gasteiger partial charge is 0.125 e. The molecule has 0 amide bonds. The molecule has 0 unspecified atom stereocenters. The SMILES string of the molecule is COc1cc(N)ccc1Cn1cnc2c1CCCC2. The molecule has 0 fully saturated rings. The van der Waals surface area contributed by atoms with E-state index in [4.69, 9.17) is 10.5 Å². The first kappa shape index (κ1) is 12.1. The van der Waals surface area contributed by atoms with Crippen LogP contribution in [0.25, 0.3) is 0 Å². The van der Waals surface area contributed by atoms with Gasteiger partial charge in [0.2, 0.25) is 0 Å². The van der Waals surface area contributed by atoms with Crippen molar-refractivity contribution in [3.8, 4) is 5.75 Å². The first-order chi connectivity index (χ1) is 9.28. The summed E-state index contributed by atoms with van der Waals surface area (Å²) >= 11 is 0. The van der Waals surface area contributed by atoms with Crippen molar-refractivity contribution < 1.29 is 4.74 Å². The average Bonchev–Trinajstić information content (AvgIpc) is 2.84. The summed E-state index contributed by atoms with van der Waals surface area (Å²) in [4.78, 5) is 4.52. The lowest BCUT2D eigenvalue weighted by atomic mass is 10.0. The number of imidazole rings is 1. The van der Waals surface area contributed by atoms with Gasteiger partial charge in [-0.05, 0) is 31.7 Å². The minimum Gasteiger partial charge on any atom is -0.496 e. The molecule has 1 aliphatic carbocycles. The zero-order valence-corrected chi connectivity index (χ0v) is 11.2. The fourth-order valence-electron chi connectivity index (χ4n) is 2.74. The van der Waals surface area contributed by atoms with E-state index in [-0.39, 0.29) is 0 Å². The van der Waals surface area contributed by atoms with Gasteiger partial charge in [-0.1, -0.05) is 6.07 Å². The molecule has 0 radical (unpaired) electrons. The van der Waals surface area contributed by atoms with E-state index in [0.717, 1.165) is 36.4 Å². The summed E-state index contributed by atoms with van der Waals surface area (Å²) in [5.74, 6) is 0.846. The first-order valence-corrected chi connectivity index (χ1v) is 6.73. The predicted molar refractivity (Wildman–Crippen MR) is 75.4 cm³/mol. The van der Waals surface area contributed by atoms with Crippen LogP contribution in [-0.2, 0) is 19.4 Å². The Bertz CT molecular complexity index is 589. The number of hydrogen-bond donors (Lipinski definition) is 1. The molecule has 19 heavy (non-hydrogen) atoms. The molecular formula is C15H19N3O. The second-order valence-electron chi connectivity index (χ2n) is 5.04. The minimum absolute atomic E-state index is 0.730. The zero-order valence-electron chi connectivity index (χ0n) is 11.2. The van der Waals surface area contributed by atoms with Crippen LogP contribution in [0.3, 0.4) is 0 Å². The molecule has 3 rings (SSSR count). The van der Waals surface area contributed by atoms with Gasteiger partial charge in [0.1, 0.15) is 5.75 Å². The highest BCUT2D eigenvalue weighted by atomic mass is 16.5. The number of aromatic nitrogens is 2. The van der Waals surface area contributed by atoms with Gasteiger partial charge in [0.05, 0.1) is 25.7 Å². The lowest BCUT2D eigenvalue weighted by Gasteiger charge is -2.15.